The van der Waals surface area contributed by atoms with Gasteiger partial charge in [-0.15, -0.1) is 0 Å². The van der Waals surface area contributed by atoms with E-state index in [0.717, 1.165) is 40.8 Å². The van der Waals surface area contributed by atoms with Crippen LogP contribution in [0.2, 0.25) is 0 Å². The molecule has 0 fully saturated rings. The van der Waals surface area contributed by atoms with E-state index in [-0.39, 0.29) is 12.2 Å². The van der Waals surface area contributed by atoms with E-state index in [1.807, 2.05) is 24.3 Å². The lowest BCUT2D eigenvalue weighted by molar-refractivity contribution is -0.159. The van der Waals surface area contributed by atoms with E-state index >= 15 is 0 Å². The van der Waals surface area contributed by atoms with Gasteiger partial charge in [-0.3, -0.25) is 4.79 Å². The van der Waals surface area contributed by atoms with Crippen LogP contribution in [0.15, 0.2) is 35.1 Å². The third-order valence-electron chi connectivity index (χ3n) is 6.12. The first-order valence-corrected chi connectivity index (χ1v) is 10.6. The Morgan fingerprint density at radius 1 is 1.26 bits per heavy atom. The molecule has 0 aliphatic carbocycles. The van der Waals surface area contributed by atoms with Gasteiger partial charge in [-0.1, -0.05) is 32.0 Å². The van der Waals surface area contributed by atoms with Crippen LogP contribution >= 0.6 is 0 Å². The number of fused-ring (bicyclic) bond motifs is 5. The number of aromatic nitrogens is 2. The number of cyclic esters (lactones) is 1. The number of nitrogens with zero attached hydrogens (tertiary/aromatic N) is 2. The molecule has 4 heterocycles. The molecule has 0 radical (unpaired) electrons. The molecule has 0 spiro atoms. The monoisotopic (exact) mass is 419 g/mol. The third kappa shape index (κ3) is 3.16. The van der Waals surface area contributed by atoms with Gasteiger partial charge in [0.1, 0.15) is 6.61 Å². The molecule has 2 aliphatic heterocycles. The summed E-state index contributed by atoms with van der Waals surface area (Å²) in [5.74, 6) is -0.468. The molecule has 31 heavy (non-hydrogen) atoms. The Bertz CT molecular complexity index is 1260. The van der Waals surface area contributed by atoms with Gasteiger partial charge in [-0.25, -0.2) is 9.78 Å². The molecule has 1 aromatic carbocycles. The molecule has 7 heteroatoms. The summed E-state index contributed by atoms with van der Waals surface area (Å²) in [5, 5.41) is 4.60. The number of para-hydroxylation sites is 1. The summed E-state index contributed by atoms with van der Waals surface area (Å²) in [5.41, 5.74) is 5.66. The molecule has 1 atom stereocenters. The van der Waals surface area contributed by atoms with Crippen LogP contribution in [0.5, 0.6) is 0 Å². The Morgan fingerprint density at radius 2 is 2.06 bits per heavy atom. The van der Waals surface area contributed by atoms with Gasteiger partial charge in [-0.2, -0.15) is 0 Å². The molecule has 2 aromatic heterocycles. The second kappa shape index (κ2) is 7.59. The number of hydrogen-bond donors (Lipinski definition) is 1. The van der Waals surface area contributed by atoms with Crippen molar-refractivity contribution in [2.24, 2.45) is 0 Å². The smallest absolute Gasteiger partial charge is 0.340 e. The molecule has 160 valence electrons. The van der Waals surface area contributed by atoms with Gasteiger partial charge in [0.2, 0.25) is 0 Å². The molecule has 0 saturated carbocycles. The zero-order valence-electron chi connectivity index (χ0n) is 17.9. The van der Waals surface area contributed by atoms with Crippen molar-refractivity contribution in [1.29, 1.82) is 0 Å². The van der Waals surface area contributed by atoms with E-state index < -0.39 is 12.1 Å². The van der Waals surface area contributed by atoms with Gasteiger partial charge in [0.15, 0.2) is 6.10 Å². The second-order valence-corrected chi connectivity index (χ2v) is 8.37. The van der Waals surface area contributed by atoms with Crippen LogP contribution in [0.1, 0.15) is 42.2 Å². The van der Waals surface area contributed by atoms with Gasteiger partial charge < -0.3 is 19.4 Å². The maximum absolute atomic E-state index is 13.3. The van der Waals surface area contributed by atoms with Crippen molar-refractivity contribution in [3.8, 4) is 11.4 Å². The summed E-state index contributed by atoms with van der Waals surface area (Å²) in [6.07, 6.45) is -0.0459. The van der Waals surface area contributed by atoms with Crippen molar-refractivity contribution in [1.82, 2.24) is 14.9 Å². The summed E-state index contributed by atoms with van der Waals surface area (Å²) >= 11 is 0. The van der Waals surface area contributed by atoms with Gasteiger partial charge in [-0.05, 0) is 30.7 Å². The van der Waals surface area contributed by atoms with E-state index in [1.54, 1.807) is 4.57 Å². The number of carbonyl (C=O) groups excluding carboxylic acids is 1. The molecule has 0 amide bonds. The SMILES string of the molecule is COC1C(=O)OCc2c1cc1n(c2=O)Cc2c-1nc1ccccc1c2CCNC(C)C. The van der Waals surface area contributed by atoms with Crippen molar-refractivity contribution in [2.45, 2.75) is 45.6 Å². The van der Waals surface area contributed by atoms with Gasteiger partial charge in [0.25, 0.3) is 5.56 Å². The van der Waals surface area contributed by atoms with E-state index in [0.29, 0.717) is 23.7 Å². The normalized spacial score (nSPS) is 16.9. The predicted molar refractivity (Wildman–Crippen MR) is 117 cm³/mol. The van der Waals surface area contributed by atoms with Crippen LogP contribution in [-0.2, 0) is 33.8 Å². The molecular formula is C24H25N3O4. The molecule has 0 saturated heterocycles. The summed E-state index contributed by atoms with van der Waals surface area (Å²) < 4.78 is 12.3. The Kier molecular flexibility index (Phi) is 4.87. The molecule has 2 aliphatic rings. The lowest BCUT2D eigenvalue weighted by Gasteiger charge is -2.24. The number of ether oxygens (including phenoxy) is 2. The number of carbonyl (C=O) groups is 1. The van der Waals surface area contributed by atoms with Gasteiger partial charge in [0, 0.05) is 29.7 Å². The van der Waals surface area contributed by atoms with Crippen LogP contribution < -0.4 is 10.9 Å². The number of nitrogens with one attached hydrogen (secondary N) is 1. The lowest BCUT2D eigenvalue weighted by Crippen LogP contribution is -2.33. The fourth-order valence-electron chi connectivity index (χ4n) is 4.64. The topological polar surface area (TPSA) is 82.5 Å². The Morgan fingerprint density at radius 3 is 2.84 bits per heavy atom. The quantitative estimate of drug-likeness (QED) is 0.501. The number of benzene rings is 1. The maximum Gasteiger partial charge on any atom is 0.340 e. The van der Waals surface area contributed by atoms with Crippen LogP contribution in [0.4, 0.5) is 0 Å². The number of hydrogen-bond acceptors (Lipinski definition) is 6. The van der Waals surface area contributed by atoms with Crippen molar-refractivity contribution in [3.05, 3.63) is 62.9 Å². The fourth-order valence-corrected chi connectivity index (χ4v) is 4.64. The Labute approximate surface area is 180 Å². The van der Waals surface area contributed by atoms with Crippen LogP contribution in [0, 0.1) is 0 Å². The molecule has 5 rings (SSSR count). The zero-order valence-corrected chi connectivity index (χ0v) is 17.9. The number of esters is 1. The average molecular weight is 419 g/mol. The highest BCUT2D eigenvalue weighted by molar-refractivity contribution is 5.88. The third-order valence-corrected chi connectivity index (χ3v) is 6.12. The van der Waals surface area contributed by atoms with Crippen molar-refractivity contribution >= 4 is 16.9 Å². The standard InChI is InChI=1S/C24H25N3O4/c1-13(2)25-9-8-14-15-6-4-5-7-19(15)26-21-17(14)11-27-20(21)10-16-18(23(27)28)12-31-24(29)22(16)30-3/h4-7,10,13,22,25H,8-9,11-12H2,1-3H3. The lowest BCUT2D eigenvalue weighted by atomic mass is 9.97. The molecule has 1 N–H and O–H groups in total. The summed E-state index contributed by atoms with van der Waals surface area (Å²) in [7, 11) is 1.45. The largest absolute Gasteiger partial charge is 0.458 e. The second-order valence-electron chi connectivity index (χ2n) is 8.37. The van der Waals surface area contributed by atoms with E-state index in [9.17, 15) is 9.59 Å². The summed E-state index contributed by atoms with van der Waals surface area (Å²) in [4.78, 5) is 30.4. The Hall–Kier alpha value is -3.03. The van der Waals surface area contributed by atoms with Crippen molar-refractivity contribution in [3.63, 3.8) is 0 Å². The average Bonchev–Trinajstić information content (AvgIpc) is 3.12. The minimum Gasteiger partial charge on any atom is -0.458 e. The van der Waals surface area contributed by atoms with Crippen molar-refractivity contribution in [2.75, 3.05) is 13.7 Å². The predicted octanol–water partition coefficient (Wildman–Crippen LogP) is 2.71. The highest BCUT2D eigenvalue weighted by Gasteiger charge is 2.35. The van der Waals surface area contributed by atoms with Crippen LogP contribution in [0.3, 0.4) is 0 Å². The van der Waals surface area contributed by atoms with E-state index in [2.05, 4.69) is 25.2 Å². The molecule has 3 aromatic rings. The van der Waals surface area contributed by atoms with E-state index in [4.69, 9.17) is 14.5 Å². The highest BCUT2D eigenvalue weighted by Crippen LogP contribution is 2.38. The van der Waals surface area contributed by atoms with E-state index in [1.165, 1.54) is 12.7 Å². The number of rotatable bonds is 5. The fraction of sp³-hybridized carbons (Fsp3) is 0.375. The van der Waals surface area contributed by atoms with Crippen LogP contribution in [0.25, 0.3) is 22.3 Å². The molecular weight excluding hydrogens is 394 g/mol. The maximum atomic E-state index is 13.3. The minimum atomic E-state index is -0.887. The zero-order chi connectivity index (χ0) is 21.7. The minimum absolute atomic E-state index is 0.0238. The first-order chi connectivity index (χ1) is 15.0. The molecule has 1 unspecified atom stereocenters. The molecule has 0 bridgehead atoms. The van der Waals surface area contributed by atoms with Gasteiger partial charge in [0.05, 0.1) is 29.0 Å². The first-order valence-electron chi connectivity index (χ1n) is 10.6. The summed E-state index contributed by atoms with van der Waals surface area (Å²) in [6, 6.07) is 10.4. The Balaban J connectivity index is 1.70. The van der Waals surface area contributed by atoms with Crippen molar-refractivity contribution < 1.29 is 14.3 Å². The van der Waals surface area contributed by atoms with Crippen LogP contribution in [-0.4, -0.2) is 35.2 Å². The number of methoxy groups -OCH3 is 1. The first kappa shape index (κ1) is 19.9. The molecule has 7 nitrogen and oxygen atoms in total. The number of pyridine rings is 2. The highest BCUT2D eigenvalue weighted by atomic mass is 16.6. The van der Waals surface area contributed by atoms with Gasteiger partial charge >= 0.3 is 5.97 Å². The summed E-state index contributed by atoms with van der Waals surface area (Å²) in [6.45, 7) is 5.55.